The van der Waals surface area contributed by atoms with E-state index in [9.17, 15) is 9.59 Å². The van der Waals surface area contributed by atoms with E-state index in [2.05, 4.69) is 12.2 Å². The predicted octanol–water partition coefficient (Wildman–Crippen LogP) is 2.71. The van der Waals surface area contributed by atoms with Gasteiger partial charge in [0.05, 0.1) is 6.61 Å². The van der Waals surface area contributed by atoms with Crippen LogP contribution in [0.15, 0.2) is 0 Å². The van der Waals surface area contributed by atoms with Gasteiger partial charge in [-0.2, -0.15) is 0 Å². The first kappa shape index (κ1) is 19.7. The molecule has 1 fully saturated rings. The lowest BCUT2D eigenvalue weighted by Crippen LogP contribution is -2.46. The summed E-state index contributed by atoms with van der Waals surface area (Å²) in [5, 5.41) is 2.91. The number of likely N-dealkylation sites (tertiary alicyclic amines) is 1. The molecule has 0 spiro atoms. The molecule has 0 aromatic heterocycles. The summed E-state index contributed by atoms with van der Waals surface area (Å²) < 4.78 is 10.3. The fraction of sp³-hybridized carbons (Fsp3) is 0.882. The normalized spacial score (nSPS) is 17.3. The van der Waals surface area contributed by atoms with Crippen molar-refractivity contribution >= 4 is 12.0 Å². The molecule has 6 heteroatoms. The maximum Gasteiger partial charge on any atom is 0.410 e. The lowest BCUT2D eigenvalue weighted by Gasteiger charge is -2.23. The highest BCUT2D eigenvalue weighted by atomic mass is 16.6. The van der Waals surface area contributed by atoms with E-state index >= 15 is 0 Å². The fourth-order valence-corrected chi connectivity index (χ4v) is 2.73. The van der Waals surface area contributed by atoms with Crippen molar-refractivity contribution in [1.82, 2.24) is 10.2 Å². The SMILES string of the molecule is CCCCCCOC(=O)N1CCCC1C(=O)NCCCCOC. The third-order valence-electron chi connectivity index (χ3n) is 4.09. The van der Waals surface area contributed by atoms with Crippen LogP contribution >= 0.6 is 0 Å². The second-order valence-electron chi connectivity index (χ2n) is 6.02. The van der Waals surface area contributed by atoms with Crippen LogP contribution in [0.3, 0.4) is 0 Å². The Labute approximate surface area is 139 Å². The zero-order valence-corrected chi connectivity index (χ0v) is 14.6. The average molecular weight is 328 g/mol. The average Bonchev–Trinajstić information content (AvgIpc) is 3.04. The van der Waals surface area contributed by atoms with Crippen LogP contribution in [0.25, 0.3) is 0 Å². The maximum absolute atomic E-state index is 12.2. The predicted molar refractivity (Wildman–Crippen MR) is 89.3 cm³/mol. The Morgan fingerprint density at radius 1 is 1.13 bits per heavy atom. The zero-order chi connectivity index (χ0) is 16.9. The van der Waals surface area contributed by atoms with E-state index in [1.807, 2.05) is 0 Å². The smallest absolute Gasteiger partial charge is 0.410 e. The number of rotatable bonds is 11. The molecule has 1 saturated heterocycles. The number of hydrogen-bond acceptors (Lipinski definition) is 4. The lowest BCUT2D eigenvalue weighted by atomic mass is 10.2. The third kappa shape index (κ3) is 7.68. The first-order chi connectivity index (χ1) is 11.2. The number of carbonyl (C=O) groups excluding carboxylic acids is 2. The first-order valence-corrected chi connectivity index (χ1v) is 8.90. The van der Waals surface area contributed by atoms with Gasteiger partial charge in [-0.1, -0.05) is 26.2 Å². The van der Waals surface area contributed by atoms with Crippen LogP contribution in [0.1, 0.15) is 58.3 Å². The first-order valence-electron chi connectivity index (χ1n) is 8.90. The van der Waals surface area contributed by atoms with Gasteiger partial charge in [0.15, 0.2) is 0 Å². The molecular formula is C17H32N2O4. The van der Waals surface area contributed by atoms with Crippen molar-refractivity contribution in [2.75, 3.05) is 33.4 Å². The molecule has 23 heavy (non-hydrogen) atoms. The van der Waals surface area contributed by atoms with Crippen LogP contribution in [0.2, 0.25) is 0 Å². The Kier molecular flexibility index (Phi) is 10.4. The highest BCUT2D eigenvalue weighted by molar-refractivity contribution is 5.86. The second kappa shape index (κ2) is 12.2. The number of unbranched alkanes of at least 4 members (excludes halogenated alkanes) is 4. The van der Waals surface area contributed by atoms with Crippen LogP contribution in [-0.2, 0) is 14.3 Å². The summed E-state index contributed by atoms with van der Waals surface area (Å²) in [6, 6.07) is -0.374. The molecule has 0 aromatic rings. The minimum atomic E-state index is -0.374. The summed E-state index contributed by atoms with van der Waals surface area (Å²) in [6.45, 7) is 4.53. The van der Waals surface area contributed by atoms with Gasteiger partial charge in [0.25, 0.3) is 0 Å². The standard InChI is InChI=1S/C17H32N2O4/c1-3-4-5-7-14-23-17(21)19-12-9-10-15(19)16(20)18-11-6-8-13-22-2/h15H,3-14H2,1-2H3,(H,18,20). The number of carbonyl (C=O) groups is 2. The van der Waals surface area contributed by atoms with E-state index < -0.39 is 0 Å². The summed E-state index contributed by atoms with van der Waals surface area (Å²) in [5.74, 6) is -0.0668. The van der Waals surface area contributed by atoms with Crippen LogP contribution in [-0.4, -0.2) is 56.4 Å². The van der Waals surface area contributed by atoms with Crippen LogP contribution in [0, 0.1) is 0 Å². The largest absolute Gasteiger partial charge is 0.449 e. The highest BCUT2D eigenvalue weighted by Gasteiger charge is 2.34. The fourth-order valence-electron chi connectivity index (χ4n) is 2.73. The molecule has 0 saturated carbocycles. The van der Waals surface area contributed by atoms with Gasteiger partial charge in [-0.3, -0.25) is 9.69 Å². The topological polar surface area (TPSA) is 67.9 Å². The van der Waals surface area contributed by atoms with Crippen molar-refractivity contribution in [1.29, 1.82) is 0 Å². The maximum atomic E-state index is 12.2. The van der Waals surface area contributed by atoms with Gasteiger partial charge in [-0.05, 0) is 32.1 Å². The number of nitrogens with zero attached hydrogens (tertiary/aromatic N) is 1. The molecular weight excluding hydrogens is 296 g/mol. The van der Waals surface area contributed by atoms with E-state index in [4.69, 9.17) is 9.47 Å². The number of hydrogen-bond donors (Lipinski definition) is 1. The van der Waals surface area contributed by atoms with E-state index in [-0.39, 0.29) is 18.0 Å². The minimum absolute atomic E-state index is 0.0668. The molecule has 1 atom stereocenters. The molecule has 2 amide bonds. The van der Waals surface area contributed by atoms with Crippen LogP contribution < -0.4 is 5.32 Å². The summed E-state index contributed by atoms with van der Waals surface area (Å²) in [4.78, 5) is 25.9. The number of ether oxygens (including phenoxy) is 2. The van der Waals surface area contributed by atoms with Crippen molar-refractivity contribution in [3.63, 3.8) is 0 Å². The summed E-state index contributed by atoms with van der Waals surface area (Å²) in [7, 11) is 1.67. The molecule has 1 aliphatic rings. The third-order valence-corrected chi connectivity index (χ3v) is 4.09. The summed E-state index contributed by atoms with van der Waals surface area (Å²) >= 11 is 0. The molecule has 1 N–H and O–H groups in total. The highest BCUT2D eigenvalue weighted by Crippen LogP contribution is 2.18. The molecule has 6 nitrogen and oxygen atoms in total. The van der Waals surface area contributed by atoms with Gasteiger partial charge >= 0.3 is 6.09 Å². The molecule has 0 aromatic carbocycles. The van der Waals surface area contributed by atoms with Crippen LogP contribution in [0.5, 0.6) is 0 Å². The number of methoxy groups -OCH3 is 1. The molecule has 0 bridgehead atoms. The Morgan fingerprint density at radius 3 is 2.65 bits per heavy atom. The molecule has 0 radical (unpaired) electrons. The van der Waals surface area contributed by atoms with Gasteiger partial charge < -0.3 is 14.8 Å². The molecule has 1 rings (SSSR count). The monoisotopic (exact) mass is 328 g/mol. The number of amides is 2. The lowest BCUT2D eigenvalue weighted by molar-refractivity contribution is -0.125. The Hall–Kier alpha value is -1.30. The van der Waals surface area contributed by atoms with E-state index in [0.717, 1.165) is 51.4 Å². The molecule has 134 valence electrons. The van der Waals surface area contributed by atoms with E-state index in [1.165, 1.54) is 0 Å². The van der Waals surface area contributed by atoms with Crippen molar-refractivity contribution in [3.05, 3.63) is 0 Å². The van der Waals surface area contributed by atoms with Gasteiger partial charge in [0.1, 0.15) is 6.04 Å². The summed E-state index contributed by atoms with van der Waals surface area (Å²) in [5.41, 5.74) is 0. The molecule has 1 aliphatic heterocycles. The Balaban J connectivity index is 2.25. The molecule has 1 heterocycles. The quantitative estimate of drug-likeness (QED) is 0.592. The Bertz CT molecular complexity index is 317. The van der Waals surface area contributed by atoms with Crippen molar-refractivity contribution in [2.45, 2.75) is 64.3 Å². The Morgan fingerprint density at radius 2 is 1.91 bits per heavy atom. The van der Waals surface area contributed by atoms with Gasteiger partial charge in [0.2, 0.25) is 5.91 Å². The van der Waals surface area contributed by atoms with Crippen molar-refractivity contribution in [3.8, 4) is 0 Å². The van der Waals surface area contributed by atoms with Crippen molar-refractivity contribution < 1.29 is 19.1 Å². The molecule has 0 aliphatic carbocycles. The molecule has 1 unspecified atom stereocenters. The summed E-state index contributed by atoms with van der Waals surface area (Å²) in [6.07, 6.45) is 7.32. The number of nitrogens with one attached hydrogen (secondary N) is 1. The minimum Gasteiger partial charge on any atom is -0.449 e. The van der Waals surface area contributed by atoms with E-state index in [1.54, 1.807) is 12.0 Å². The van der Waals surface area contributed by atoms with Gasteiger partial charge in [-0.25, -0.2) is 4.79 Å². The second-order valence-corrected chi connectivity index (χ2v) is 6.02. The van der Waals surface area contributed by atoms with E-state index in [0.29, 0.717) is 26.3 Å². The van der Waals surface area contributed by atoms with Gasteiger partial charge in [0, 0.05) is 26.8 Å². The zero-order valence-electron chi connectivity index (χ0n) is 14.6. The van der Waals surface area contributed by atoms with Gasteiger partial charge in [-0.15, -0.1) is 0 Å². The van der Waals surface area contributed by atoms with Crippen molar-refractivity contribution in [2.24, 2.45) is 0 Å². The van der Waals surface area contributed by atoms with Crippen LogP contribution in [0.4, 0.5) is 4.79 Å².